The first-order valence-corrected chi connectivity index (χ1v) is 10.6. The lowest BCUT2D eigenvalue weighted by molar-refractivity contribution is -0.385. The maximum Gasteiger partial charge on any atom is 0.346 e. The summed E-state index contributed by atoms with van der Waals surface area (Å²) in [5, 5.41) is 11.4. The molecule has 0 saturated carbocycles. The fraction of sp³-hybridized carbons (Fsp3) is 0.444. The van der Waals surface area contributed by atoms with Gasteiger partial charge in [-0.1, -0.05) is 6.08 Å². The number of allylic oxidation sites excluding steroid dienone is 3. The number of nitro groups is 1. The second kappa shape index (κ2) is 7.20. The molecule has 0 amide bonds. The molecule has 0 bridgehead atoms. The van der Waals surface area contributed by atoms with Gasteiger partial charge in [0.15, 0.2) is 0 Å². The van der Waals surface area contributed by atoms with Gasteiger partial charge in [-0.25, -0.2) is 9.34 Å². The predicted octanol–water partition coefficient (Wildman–Crippen LogP) is 4.02. The van der Waals surface area contributed by atoms with Gasteiger partial charge in [-0.2, -0.15) is 0 Å². The third-order valence-corrected chi connectivity index (χ3v) is 7.52. The minimum atomic E-state index is -2.97. The van der Waals surface area contributed by atoms with Crippen LogP contribution < -0.4 is 4.74 Å². The quantitative estimate of drug-likeness (QED) is 0.286. The number of benzene rings is 1. The van der Waals surface area contributed by atoms with Crippen molar-refractivity contribution in [2.75, 3.05) is 26.2 Å². The SMILES string of the molecule is CC(OP(=O)(N1CC1)N1CC1)c1ccc([N+](=O)[O-])c(OC2=CCCC=C2)c1. The Kier molecular flexibility index (Phi) is 4.90. The molecule has 1 unspecified atom stereocenters. The average molecular weight is 391 g/mol. The van der Waals surface area contributed by atoms with Crippen LogP contribution in [0.5, 0.6) is 5.75 Å². The molecule has 1 aromatic carbocycles. The zero-order chi connectivity index (χ0) is 19.0. The molecule has 2 saturated heterocycles. The van der Waals surface area contributed by atoms with Crippen LogP contribution in [0.15, 0.2) is 42.2 Å². The van der Waals surface area contributed by atoms with Crippen molar-refractivity contribution in [1.29, 1.82) is 0 Å². The summed E-state index contributed by atoms with van der Waals surface area (Å²) < 4.78 is 28.6. The molecule has 1 aliphatic carbocycles. The lowest BCUT2D eigenvalue weighted by Gasteiger charge is -2.24. The standard InChI is InChI=1S/C18H22N3O5P/c1-14(26-27(24,19-9-10-19)20-11-12-20)15-7-8-17(21(22)23)18(13-15)25-16-5-3-2-4-6-16/h3,5-8,13-14H,2,4,9-12H2,1H3. The summed E-state index contributed by atoms with van der Waals surface area (Å²) >= 11 is 0. The Hall–Kier alpha value is -1.99. The fourth-order valence-corrected chi connectivity index (χ4v) is 5.33. The largest absolute Gasteiger partial charge is 0.450 e. The van der Waals surface area contributed by atoms with Crippen molar-refractivity contribution in [2.24, 2.45) is 0 Å². The molecule has 1 atom stereocenters. The van der Waals surface area contributed by atoms with Crippen LogP contribution in [0.1, 0.15) is 31.4 Å². The Morgan fingerprint density at radius 2 is 1.89 bits per heavy atom. The summed E-state index contributed by atoms with van der Waals surface area (Å²) in [5.41, 5.74) is 0.589. The van der Waals surface area contributed by atoms with E-state index < -0.39 is 18.7 Å². The number of hydrogen-bond acceptors (Lipinski definition) is 5. The number of hydrogen-bond donors (Lipinski definition) is 0. The first-order chi connectivity index (χ1) is 13.0. The average Bonchev–Trinajstić information content (AvgIpc) is 3.54. The number of rotatable bonds is 8. The summed E-state index contributed by atoms with van der Waals surface area (Å²) in [6.45, 7) is 4.90. The van der Waals surface area contributed by atoms with Gasteiger partial charge in [0.05, 0.1) is 11.0 Å². The highest BCUT2D eigenvalue weighted by Gasteiger charge is 2.50. The molecule has 3 aliphatic rings. The highest BCUT2D eigenvalue weighted by molar-refractivity contribution is 7.54. The molecule has 0 spiro atoms. The van der Waals surface area contributed by atoms with Crippen molar-refractivity contribution >= 4 is 13.4 Å². The van der Waals surface area contributed by atoms with Gasteiger partial charge in [0.2, 0.25) is 5.75 Å². The molecule has 2 aliphatic heterocycles. The Morgan fingerprint density at radius 1 is 1.19 bits per heavy atom. The summed E-state index contributed by atoms with van der Waals surface area (Å²) in [6, 6.07) is 4.66. The Balaban J connectivity index is 1.57. The summed E-state index contributed by atoms with van der Waals surface area (Å²) in [5.74, 6) is 0.757. The first-order valence-electron chi connectivity index (χ1n) is 9.09. The molecule has 8 nitrogen and oxygen atoms in total. The number of ether oxygens (including phenoxy) is 1. The van der Waals surface area contributed by atoms with Gasteiger partial charge < -0.3 is 4.74 Å². The summed E-state index contributed by atoms with van der Waals surface area (Å²) in [6.07, 6.45) is 6.99. The van der Waals surface area contributed by atoms with Gasteiger partial charge in [-0.05, 0) is 49.6 Å². The van der Waals surface area contributed by atoms with E-state index in [9.17, 15) is 14.7 Å². The van der Waals surface area contributed by atoms with Crippen LogP contribution in [-0.4, -0.2) is 40.4 Å². The minimum Gasteiger partial charge on any atom is -0.450 e. The molecule has 0 N–H and O–H groups in total. The fourth-order valence-electron chi connectivity index (χ4n) is 2.98. The highest BCUT2D eigenvalue weighted by atomic mass is 31.2. The van der Waals surface area contributed by atoms with Gasteiger partial charge in [-0.3, -0.25) is 19.2 Å². The van der Waals surface area contributed by atoms with Crippen LogP contribution in [0.4, 0.5) is 5.69 Å². The van der Waals surface area contributed by atoms with Crippen molar-refractivity contribution in [3.63, 3.8) is 0 Å². The predicted molar refractivity (Wildman–Crippen MR) is 100 cm³/mol. The van der Waals surface area contributed by atoms with E-state index in [-0.39, 0.29) is 11.4 Å². The lowest BCUT2D eigenvalue weighted by Crippen LogP contribution is -2.11. The van der Waals surface area contributed by atoms with E-state index >= 15 is 0 Å². The molecular weight excluding hydrogens is 369 g/mol. The normalized spacial score (nSPS) is 20.9. The van der Waals surface area contributed by atoms with Gasteiger partial charge in [0, 0.05) is 32.2 Å². The molecule has 0 aromatic heterocycles. The van der Waals surface area contributed by atoms with E-state index in [4.69, 9.17) is 9.26 Å². The van der Waals surface area contributed by atoms with Crippen LogP contribution >= 0.6 is 7.67 Å². The lowest BCUT2D eigenvalue weighted by atomic mass is 10.1. The van der Waals surface area contributed by atoms with Crippen LogP contribution in [0.2, 0.25) is 0 Å². The zero-order valence-electron chi connectivity index (χ0n) is 15.1. The van der Waals surface area contributed by atoms with E-state index in [1.54, 1.807) is 12.1 Å². The molecule has 144 valence electrons. The topological polar surface area (TPSA) is 84.7 Å². The Bertz CT molecular complexity index is 845. The molecule has 0 radical (unpaired) electrons. The van der Waals surface area contributed by atoms with E-state index in [1.807, 2.05) is 34.5 Å². The third-order valence-electron chi connectivity index (χ3n) is 4.70. The van der Waals surface area contributed by atoms with Gasteiger partial charge in [0.1, 0.15) is 5.76 Å². The van der Waals surface area contributed by atoms with E-state index in [0.717, 1.165) is 39.0 Å². The van der Waals surface area contributed by atoms with Crippen molar-refractivity contribution < 1.29 is 18.7 Å². The van der Waals surface area contributed by atoms with Gasteiger partial charge in [0.25, 0.3) is 0 Å². The second-order valence-corrected chi connectivity index (χ2v) is 9.14. The summed E-state index contributed by atoms with van der Waals surface area (Å²) in [7, 11) is -2.97. The third kappa shape index (κ3) is 3.99. The Labute approximate surface area is 157 Å². The molecule has 1 aromatic rings. The van der Waals surface area contributed by atoms with Gasteiger partial charge in [-0.15, -0.1) is 0 Å². The zero-order valence-corrected chi connectivity index (χ0v) is 16.0. The van der Waals surface area contributed by atoms with Crippen molar-refractivity contribution in [3.8, 4) is 5.75 Å². The molecular formula is C18H22N3O5P. The van der Waals surface area contributed by atoms with E-state index in [0.29, 0.717) is 11.3 Å². The number of nitrogens with zero attached hydrogens (tertiary/aromatic N) is 3. The monoisotopic (exact) mass is 391 g/mol. The van der Waals surface area contributed by atoms with Crippen LogP contribution in [-0.2, 0) is 9.09 Å². The minimum absolute atomic E-state index is 0.106. The molecule has 2 heterocycles. The van der Waals surface area contributed by atoms with Crippen LogP contribution in [0.3, 0.4) is 0 Å². The van der Waals surface area contributed by atoms with E-state index in [1.165, 1.54) is 6.07 Å². The first kappa shape index (κ1) is 18.4. The van der Waals surface area contributed by atoms with Crippen LogP contribution in [0.25, 0.3) is 0 Å². The van der Waals surface area contributed by atoms with Crippen LogP contribution in [0, 0.1) is 10.1 Å². The Morgan fingerprint density at radius 3 is 2.44 bits per heavy atom. The van der Waals surface area contributed by atoms with Gasteiger partial charge >= 0.3 is 13.4 Å². The van der Waals surface area contributed by atoms with E-state index in [2.05, 4.69) is 0 Å². The van der Waals surface area contributed by atoms with Crippen molar-refractivity contribution in [2.45, 2.75) is 25.9 Å². The smallest absolute Gasteiger partial charge is 0.346 e. The number of nitro benzene ring substituents is 1. The maximum absolute atomic E-state index is 13.2. The molecule has 4 rings (SSSR count). The van der Waals surface area contributed by atoms with Crippen molar-refractivity contribution in [1.82, 2.24) is 9.34 Å². The molecule has 9 heteroatoms. The van der Waals surface area contributed by atoms with Crippen molar-refractivity contribution in [3.05, 3.63) is 57.9 Å². The maximum atomic E-state index is 13.2. The molecule has 27 heavy (non-hydrogen) atoms. The summed E-state index contributed by atoms with van der Waals surface area (Å²) in [4.78, 5) is 10.9. The highest BCUT2D eigenvalue weighted by Crippen LogP contribution is 2.63. The second-order valence-electron chi connectivity index (χ2n) is 6.82. The molecule has 2 fully saturated rings.